The van der Waals surface area contributed by atoms with E-state index in [-0.39, 0.29) is 11.2 Å². The van der Waals surface area contributed by atoms with Crippen LogP contribution in [0.2, 0.25) is 0 Å². The highest BCUT2D eigenvalue weighted by atomic mass is 32.2. The normalized spacial score (nSPS) is 17.5. The molecule has 8 heteroatoms. The standard InChI is InChI=1S/C25H31N3O4S/c1-33-23(24(29)26-31)9-11-28-10-8-21-16-20(6-7-22(21)25(28)30)19-4-2-18(3-5-19)17-27-12-14-32-15-13-27/h2-7,16,23,31H,8-15,17H2,1H3,(H,26,29). The number of ether oxygens (including phenoxy) is 1. The molecule has 0 aromatic heterocycles. The van der Waals surface area contributed by atoms with Crippen molar-refractivity contribution in [2.75, 3.05) is 45.6 Å². The Bertz CT molecular complexity index is 976. The largest absolute Gasteiger partial charge is 0.379 e. The van der Waals surface area contributed by atoms with Crippen LogP contribution in [-0.4, -0.2) is 77.7 Å². The van der Waals surface area contributed by atoms with Crippen molar-refractivity contribution in [2.45, 2.75) is 24.6 Å². The van der Waals surface area contributed by atoms with Gasteiger partial charge in [-0.25, -0.2) is 5.48 Å². The summed E-state index contributed by atoms with van der Waals surface area (Å²) >= 11 is 1.37. The van der Waals surface area contributed by atoms with Crippen LogP contribution in [0.4, 0.5) is 0 Å². The maximum Gasteiger partial charge on any atom is 0.256 e. The van der Waals surface area contributed by atoms with Crippen molar-refractivity contribution in [3.63, 3.8) is 0 Å². The Balaban J connectivity index is 1.40. The number of amides is 2. The maximum atomic E-state index is 13.0. The Labute approximate surface area is 199 Å². The first-order valence-electron chi connectivity index (χ1n) is 11.4. The second-order valence-electron chi connectivity index (χ2n) is 8.49. The van der Waals surface area contributed by atoms with Gasteiger partial charge in [-0.05, 0) is 47.4 Å². The van der Waals surface area contributed by atoms with Crippen LogP contribution in [0.15, 0.2) is 42.5 Å². The number of hydrogen-bond acceptors (Lipinski definition) is 6. The molecule has 0 aliphatic carbocycles. The fourth-order valence-corrected chi connectivity index (χ4v) is 5.06. The number of fused-ring (bicyclic) bond motifs is 1. The lowest BCUT2D eigenvalue weighted by molar-refractivity contribution is -0.128. The van der Waals surface area contributed by atoms with Gasteiger partial charge in [0.15, 0.2) is 0 Å². The molecule has 33 heavy (non-hydrogen) atoms. The summed E-state index contributed by atoms with van der Waals surface area (Å²) in [5.74, 6) is -0.416. The van der Waals surface area contributed by atoms with Crippen LogP contribution >= 0.6 is 11.8 Å². The molecular weight excluding hydrogens is 438 g/mol. The molecule has 2 aliphatic rings. The molecule has 2 heterocycles. The maximum absolute atomic E-state index is 13.0. The molecule has 2 aromatic rings. The fraction of sp³-hybridized carbons (Fsp3) is 0.440. The van der Waals surface area contributed by atoms with Crippen LogP contribution in [0.25, 0.3) is 11.1 Å². The predicted molar refractivity (Wildman–Crippen MR) is 129 cm³/mol. The summed E-state index contributed by atoms with van der Waals surface area (Å²) in [6, 6.07) is 14.7. The third kappa shape index (κ3) is 5.76. The number of rotatable bonds is 8. The molecule has 1 unspecified atom stereocenters. The summed E-state index contributed by atoms with van der Waals surface area (Å²) in [7, 11) is 0. The smallest absolute Gasteiger partial charge is 0.256 e. The molecule has 0 bridgehead atoms. The van der Waals surface area contributed by atoms with E-state index >= 15 is 0 Å². The van der Waals surface area contributed by atoms with Gasteiger partial charge in [-0.15, -0.1) is 0 Å². The molecular formula is C25H31N3O4S. The fourth-order valence-electron chi connectivity index (χ4n) is 4.45. The third-order valence-corrected chi connectivity index (χ3v) is 7.44. The second-order valence-corrected chi connectivity index (χ2v) is 9.53. The van der Waals surface area contributed by atoms with Gasteiger partial charge in [0.05, 0.1) is 18.5 Å². The predicted octanol–water partition coefficient (Wildman–Crippen LogP) is 2.81. The third-order valence-electron chi connectivity index (χ3n) is 6.42. The van der Waals surface area contributed by atoms with Crippen LogP contribution in [0.1, 0.15) is 27.9 Å². The van der Waals surface area contributed by atoms with E-state index in [4.69, 9.17) is 9.94 Å². The van der Waals surface area contributed by atoms with Crippen LogP contribution in [-0.2, 0) is 22.5 Å². The van der Waals surface area contributed by atoms with Gasteiger partial charge in [0.2, 0.25) is 0 Å². The summed E-state index contributed by atoms with van der Waals surface area (Å²) in [6.07, 6.45) is 3.12. The number of nitrogens with one attached hydrogen (secondary N) is 1. The number of benzene rings is 2. The molecule has 0 saturated carbocycles. The van der Waals surface area contributed by atoms with Crippen molar-refractivity contribution in [1.82, 2.24) is 15.3 Å². The molecule has 0 spiro atoms. The Kier molecular flexibility index (Phi) is 8.03. The van der Waals surface area contributed by atoms with Gasteiger partial charge in [0.25, 0.3) is 11.8 Å². The van der Waals surface area contributed by atoms with Gasteiger partial charge in [-0.1, -0.05) is 36.4 Å². The molecule has 1 fully saturated rings. The average molecular weight is 470 g/mol. The SMILES string of the molecule is CSC(CCN1CCc2cc(-c3ccc(CN4CCOCC4)cc3)ccc2C1=O)C(=O)NO. The molecule has 2 aromatic carbocycles. The Morgan fingerprint density at radius 2 is 1.85 bits per heavy atom. The van der Waals surface area contributed by atoms with Crippen molar-refractivity contribution in [3.05, 3.63) is 59.2 Å². The number of hydroxylamine groups is 1. The number of morpholine rings is 1. The Hall–Kier alpha value is -2.39. The van der Waals surface area contributed by atoms with Gasteiger partial charge in [-0.3, -0.25) is 19.7 Å². The first-order chi connectivity index (χ1) is 16.1. The zero-order chi connectivity index (χ0) is 23.2. The van der Waals surface area contributed by atoms with Crippen molar-refractivity contribution in [3.8, 4) is 11.1 Å². The molecule has 1 saturated heterocycles. The molecule has 4 rings (SSSR count). The van der Waals surface area contributed by atoms with E-state index in [2.05, 4.69) is 35.2 Å². The summed E-state index contributed by atoms with van der Waals surface area (Å²) in [5, 5.41) is 8.49. The topological polar surface area (TPSA) is 82.1 Å². The number of hydrogen-bond donors (Lipinski definition) is 2. The van der Waals surface area contributed by atoms with E-state index < -0.39 is 5.91 Å². The number of thioether (sulfide) groups is 1. The minimum absolute atomic E-state index is 0.00733. The quantitative estimate of drug-likeness (QED) is 0.457. The van der Waals surface area contributed by atoms with Crippen LogP contribution in [0, 0.1) is 0 Å². The minimum atomic E-state index is -0.423. The number of nitrogens with zero attached hydrogens (tertiary/aromatic N) is 2. The second kappa shape index (κ2) is 11.2. The lowest BCUT2D eigenvalue weighted by Gasteiger charge is -2.30. The summed E-state index contributed by atoms with van der Waals surface area (Å²) in [4.78, 5) is 28.9. The van der Waals surface area contributed by atoms with Crippen molar-refractivity contribution in [2.24, 2.45) is 0 Å². The van der Waals surface area contributed by atoms with E-state index in [1.165, 1.54) is 17.3 Å². The van der Waals surface area contributed by atoms with E-state index in [1.807, 2.05) is 18.4 Å². The van der Waals surface area contributed by atoms with E-state index in [9.17, 15) is 9.59 Å². The molecule has 1 atom stereocenters. The molecule has 0 radical (unpaired) electrons. The Morgan fingerprint density at radius 3 is 2.55 bits per heavy atom. The van der Waals surface area contributed by atoms with E-state index in [1.54, 1.807) is 10.4 Å². The lowest BCUT2D eigenvalue weighted by Crippen LogP contribution is -2.40. The van der Waals surface area contributed by atoms with Crippen LogP contribution < -0.4 is 5.48 Å². The van der Waals surface area contributed by atoms with Crippen LogP contribution in [0.5, 0.6) is 0 Å². The zero-order valence-corrected chi connectivity index (χ0v) is 19.8. The van der Waals surface area contributed by atoms with Crippen molar-refractivity contribution in [1.29, 1.82) is 0 Å². The summed E-state index contributed by atoms with van der Waals surface area (Å²) in [5.41, 5.74) is 7.08. The highest BCUT2D eigenvalue weighted by molar-refractivity contribution is 7.99. The van der Waals surface area contributed by atoms with Gasteiger partial charge in [0, 0.05) is 38.3 Å². The average Bonchev–Trinajstić information content (AvgIpc) is 2.86. The highest BCUT2D eigenvalue weighted by Crippen LogP contribution is 2.27. The number of carbonyl (C=O) groups is 2. The van der Waals surface area contributed by atoms with Crippen LogP contribution in [0.3, 0.4) is 0 Å². The minimum Gasteiger partial charge on any atom is -0.379 e. The van der Waals surface area contributed by atoms with Gasteiger partial charge < -0.3 is 9.64 Å². The summed E-state index contributed by atoms with van der Waals surface area (Å²) < 4.78 is 5.42. The van der Waals surface area contributed by atoms with Crippen molar-refractivity contribution >= 4 is 23.6 Å². The molecule has 2 N–H and O–H groups in total. The lowest BCUT2D eigenvalue weighted by atomic mass is 9.93. The monoisotopic (exact) mass is 469 g/mol. The highest BCUT2D eigenvalue weighted by Gasteiger charge is 2.26. The first-order valence-corrected chi connectivity index (χ1v) is 12.7. The van der Waals surface area contributed by atoms with E-state index in [0.717, 1.165) is 61.5 Å². The molecule has 2 amide bonds. The van der Waals surface area contributed by atoms with Gasteiger partial charge in [0.1, 0.15) is 0 Å². The van der Waals surface area contributed by atoms with E-state index in [0.29, 0.717) is 19.5 Å². The van der Waals surface area contributed by atoms with Gasteiger partial charge >= 0.3 is 0 Å². The number of carbonyl (C=O) groups excluding carboxylic acids is 2. The first kappa shape index (κ1) is 23.8. The summed E-state index contributed by atoms with van der Waals surface area (Å²) in [6.45, 7) is 5.63. The Morgan fingerprint density at radius 1 is 1.12 bits per heavy atom. The van der Waals surface area contributed by atoms with Crippen molar-refractivity contribution < 1.29 is 19.5 Å². The molecule has 176 valence electrons. The molecule has 2 aliphatic heterocycles. The molecule has 7 nitrogen and oxygen atoms in total. The van der Waals surface area contributed by atoms with Gasteiger partial charge in [-0.2, -0.15) is 11.8 Å². The zero-order valence-electron chi connectivity index (χ0n) is 19.0.